The fourth-order valence-electron chi connectivity index (χ4n) is 1.69. The summed E-state index contributed by atoms with van der Waals surface area (Å²) in [4.78, 5) is 3.19. The summed E-state index contributed by atoms with van der Waals surface area (Å²) in [6.07, 6.45) is 3.58. The number of benzene rings is 1. The first-order valence-electron chi connectivity index (χ1n) is 6.03. The van der Waals surface area contributed by atoms with Crippen LogP contribution >= 0.6 is 0 Å². The molecule has 0 aliphatic rings. The van der Waals surface area contributed by atoms with Crippen LogP contribution in [0.2, 0.25) is 0 Å². The minimum absolute atomic E-state index is 0.450. The molecule has 0 saturated carbocycles. The van der Waals surface area contributed by atoms with Crippen LogP contribution < -0.4 is 0 Å². The highest BCUT2D eigenvalue weighted by Crippen LogP contribution is 2.20. The number of aryl methyl sites for hydroxylation is 1. The quantitative estimate of drug-likeness (QED) is 0.858. The molecule has 0 aliphatic heterocycles. The third-order valence-electron chi connectivity index (χ3n) is 2.63. The zero-order chi connectivity index (χ0) is 14.7. The predicted molar refractivity (Wildman–Crippen MR) is 69.9 cm³/mol. The van der Waals surface area contributed by atoms with Crippen molar-refractivity contribution in [1.82, 2.24) is 25.1 Å². The summed E-state index contributed by atoms with van der Waals surface area (Å²) in [7, 11) is 3.72. The Labute approximate surface area is 115 Å². The van der Waals surface area contributed by atoms with E-state index in [4.69, 9.17) is 0 Å². The molecular weight excluding hydrogens is 264 g/mol. The predicted octanol–water partition coefficient (Wildman–Crippen LogP) is 1.92. The first-order chi connectivity index (χ1) is 9.47. The number of nitrogens with zero attached hydrogens (tertiary/aromatic N) is 5. The fourth-order valence-corrected chi connectivity index (χ4v) is 1.69. The Balaban J connectivity index is 2.42. The number of hydrogen-bond donors (Lipinski definition) is 0. The molecule has 1 aromatic heterocycles. The van der Waals surface area contributed by atoms with Crippen molar-refractivity contribution in [3.63, 3.8) is 0 Å². The maximum atomic E-state index is 13.4. The van der Waals surface area contributed by atoms with Gasteiger partial charge in [-0.25, -0.2) is 8.78 Å². The van der Waals surface area contributed by atoms with Crippen LogP contribution in [0.5, 0.6) is 0 Å². The number of halogens is 2. The third kappa shape index (κ3) is 3.17. The number of hydrogen-bond acceptors (Lipinski definition) is 4. The van der Waals surface area contributed by atoms with E-state index >= 15 is 0 Å². The average Bonchev–Trinajstić information content (AvgIpc) is 2.80. The standard InChI is InChI=1S/C13H15F2N5/c1-9-16-18-20(17-9)13(6-7-19(2)3)10-4-5-11(14)12(15)8-10/h4-8,13H,1-3H3/b7-6+. The van der Waals surface area contributed by atoms with Crippen LogP contribution in [-0.4, -0.2) is 39.2 Å². The summed E-state index contributed by atoms with van der Waals surface area (Å²) in [5.41, 5.74) is 0.541. The average molecular weight is 279 g/mol. The topological polar surface area (TPSA) is 46.8 Å². The Kier molecular flexibility index (Phi) is 4.07. The lowest BCUT2D eigenvalue weighted by Gasteiger charge is -2.13. The van der Waals surface area contributed by atoms with E-state index in [2.05, 4.69) is 15.4 Å². The van der Waals surface area contributed by atoms with E-state index in [1.165, 1.54) is 10.9 Å². The maximum absolute atomic E-state index is 13.4. The Morgan fingerprint density at radius 1 is 1.25 bits per heavy atom. The van der Waals surface area contributed by atoms with Gasteiger partial charge in [-0.1, -0.05) is 6.07 Å². The molecule has 20 heavy (non-hydrogen) atoms. The van der Waals surface area contributed by atoms with Gasteiger partial charge in [-0.05, 0) is 42.1 Å². The van der Waals surface area contributed by atoms with Gasteiger partial charge >= 0.3 is 0 Å². The highest BCUT2D eigenvalue weighted by Gasteiger charge is 2.16. The molecule has 1 aromatic carbocycles. The lowest BCUT2D eigenvalue weighted by atomic mass is 10.1. The second-order valence-electron chi connectivity index (χ2n) is 4.58. The Morgan fingerprint density at radius 2 is 2.00 bits per heavy atom. The minimum Gasteiger partial charge on any atom is -0.384 e. The molecule has 0 saturated heterocycles. The molecule has 0 radical (unpaired) electrons. The van der Waals surface area contributed by atoms with Gasteiger partial charge in [-0.3, -0.25) is 0 Å². The molecule has 0 fully saturated rings. The lowest BCUT2D eigenvalue weighted by molar-refractivity contribution is 0.484. The second kappa shape index (κ2) is 5.77. The largest absolute Gasteiger partial charge is 0.384 e. The van der Waals surface area contributed by atoms with Gasteiger partial charge in [0.05, 0.1) is 0 Å². The maximum Gasteiger partial charge on any atom is 0.171 e. The van der Waals surface area contributed by atoms with Crippen LogP contribution in [0.4, 0.5) is 8.78 Å². The van der Waals surface area contributed by atoms with Crippen LogP contribution in [0.25, 0.3) is 0 Å². The van der Waals surface area contributed by atoms with E-state index in [0.717, 1.165) is 12.1 Å². The molecule has 1 heterocycles. The number of rotatable bonds is 4. The van der Waals surface area contributed by atoms with Gasteiger partial charge in [-0.15, -0.1) is 10.2 Å². The van der Waals surface area contributed by atoms with Crippen molar-refractivity contribution in [1.29, 1.82) is 0 Å². The van der Waals surface area contributed by atoms with Crippen LogP contribution in [0.1, 0.15) is 17.4 Å². The van der Waals surface area contributed by atoms with Crippen molar-refractivity contribution in [2.24, 2.45) is 0 Å². The Bertz CT molecular complexity index is 621. The normalized spacial score (nSPS) is 12.8. The highest BCUT2D eigenvalue weighted by molar-refractivity contribution is 5.25. The molecule has 5 nitrogen and oxygen atoms in total. The zero-order valence-electron chi connectivity index (χ0n) is 11.5. The van der Waals surface area contributed by atoms with Gasteiger partial charge in [0.1, 0.15) is 6.04 Å². The molecule has 106 valence electrons. The number of aromatic nitrogens is 4. The molecule has 0 bridgehead atoms. The summed E-state index contributed by atoms with van der Waals surface area (Å²) in [6.45, 7) is 1.71. The SMILES string of the molecule is Cc1nnn(C(/C=C/N(C)C)c2ccc(F)c(F)c2)n1. The number of allylic oxidation sites excluding steroid dienone is 1. The fraction of sp³-hybridized carbons (Fsp3) is 0.308. The molecule has 7 heteroatoms. The van der Waals surface area contributed by atoms with Crippen molar-refractivity contribution in [2.75, 3.05) is 14.1 Å². The smallest absolute Gasteiger partial charge is 0.171 e. The van der Waals surface area contributed by atoms with Gasteiger partial charge in [0.15, 0.2) is 17.5 Å². The van der Waals surface area contributed by atoms with E-state index in [-0.39, 0.29) is 0 Å². The van der Waals surface area contributed by atoms with E-state index in [1.807, 2.05) is 19.0 Å². The Morgan fingerprint density at radius 3 is 2.55 bits per heavy atom. The summed E-state index contributed by atoms with van der Waals surface area (Å²) in [5, 5.41) is 11.8. The van der Waals surface area contributed by atoms with Gasteiger partial charge < -0.3 is 4.90 Å². The summed E-state index contributed by atoms with van der Waals surface area (Å²) >= 11 is 0. The van der Waals surface area contributed by atoms with Crippen molar-refractivity contribution in [3.05, 3.63) is 53.5 Å². The molecule has 0 N–H and O–H groups in total. The van der Waals surface area contributed by atoms with Crippen LogP contribution in [0.15, 0.2) is 30.5 Å². The highest BCUT2D eigenvalue weighted by atomic mass is 19.2. The van der Waals surface area contributed by atoms with Gasteiger partial charge in [0.25, 0.3) is 0 Å². The molecule has 0 aliphatic carbocycles. The van der Waals surface area contributed by atoms with Gasteiger partial charge in [0, 0.05) is 14.1 Å². The van der Waals surface area contributed by atoms with Crippen LogP contribution in [0.3, 0.4) is 0 Å². The molecule has 0 spiro atoms. The van der Waals surface area contributed by atoms with E-state index in [0.29, 0.717) is 11.4 Å². The lowest BCUT2D eigenvalue weighted by Crippen LogP contribution is -2.14. The van der Waals surface area contributed by atoms with E-state index < -0.39 is 17.7 Å². The van der Waals surface area contributed by atoms with Crippen molar-refractivity contribution in [2.45, 2.75) is 13.0 Å². The van der Waals surface area contributed by atoms with Gasteiger partial charge in [-0.2, -0.15) is 4.80 Å². The summed E-state index contributed by atoms with van der Waals surface area (Å²) < 4.78 is 26.4. The van der Waals surface area contributed by atoms with Crippen LogP contribution in [0, 0.1) is 18.6 Å². The molecule has 2 aromatic rings. The zero-order valence-corrected chi connectivity index (χ0v) is 11.5. The van der Waals surface area contributed by atoms with Crippen molar-refractivity contribution < 1.29 is 8.78 Å². The first kappa shape index (κ1) is 14.1. The van der Waals surface area contributed by atoms with E-state index in [9.17, 15) is 8.78 Å². The van der Waals surface area contributed by atoms with Crippen molar-refractivity contribution in [3.8, 4) is 0 Å². The second-order valence-corrected chi connectivity index (χ2v) is 4.58. The van der Waals surface area contributed by atoms with Crippen molar-refractivity contribution >= 4 is 0 Å². The Hall–Kier alpha value is -2.31. The molecule has 1 atom stereocenters. The molecule has 0 amide bonds. The minimum atomic E-state index is -0.900. The van der Waals surface area contributed by atoms with E-state index in [1.54, 1.807) is 19.2 Å². The monoisotopic (exact) mass is 279 g/mol. The molecule has 1 unspecified atom stereocenters. The molecule has 2 rings (SSSR count). The van der Waals surface area contributed by atoms with Gasteiger partial charge in [0.2, 0.25) is 0 Å². The molecular formula is C13H15F2N5. The van der Waals surface area contributed by atoms with Crippen LogP contribution in [-0.2, 0) is 0 Å². The number of tetrazole rings is 1. The summed E-state index contributed by atoms with van der Waals surface area (Å²) in [5.74, 6) is -1.27. The first-order valence-corrected chi connectivity index (χ1v) is 6.03. The summed E-state index contributed by atoms with van der Waals surface area (Å²) in [6, 6.07) is 3.28. The third-order valence-corrected chi connectivity index (χ3v) is 2.63.